The Kier molecular flexibility index (Phi) is 18.2. The number of rotatable bonds is 14. The van der Waals surface area contributed by atoms with Crippen LogP contribution in [0, 0.1) is 73.2 Å². The number of benzene rings is 8. The van der Waals surface area contributed by atoms with Gasteiger partial charge in [0.05, 0.1) is 44.5 Å². The number of fused-ring (bicyclic) bond motifs is 4. The second-order valence-electron chi connectivity index (χ2n) is 25.1. The highest BCUT2D eigenvalue weighted by atomic mass is 35.5. The minimum absolute atomic E-state index is 0.0477. The summed E-state index contributed by atoms with van der Waals surface area (Å²) < 4.78 is 144. The first-order valence-corrected chi connectivity index (χ1v) is 33.0. The van der Waals surface area contributed by atoms with Gasteiger partial charge in [-0.2, -0.15) is 4.48 Å². The molecule has 3 aromatic heterocycles. The van der Waals surface area contributed by atoms with Crippen molar-refractivity contribution >= 4 is 132 Å². The van der Waals surface area contributed by atoms with E-state index in [0.717, 1.165) is 49.6 Å². The Morgan fingerprint density at radius 2 is 0.885 bits per heavy atom. The molecule has 8 aromatic carbocycles. The number of carbonyl (C=O) groups is 7. The number of aliphatic carboxylic acids is 1. The van der Waals surface area contributed by atoms with Crippen molar-refractivity contribution in [3.8, 4) is 23.0 Å². The van der Waals surface area contributed by atoms with Crippen molar-refractivity contribution in [3.63, 3.8) is 0 Å². The van der Waals surface area contributed by atoms with E-state index in [9.17, 15) is 30.0 Å². The summed E-state index contributed by atoms with van der Waals surface area (Å²) in [6.07, 6.45) is 0.887. The smallest absolute Gasteiger partial charge is 0.356 e. The van der Waals surface area contributed by atoms with Crippen LogP contribution >= 0.6 is 46.4 Å². The molecule has 17 nitrogen and oxygen atoms in total. The Bertz CT molecular complexity index is 5750. The summed E-state index contributed by atoms with van der Waals surface area (Å²) in [5, 5.41) is 42.2. The van der Waals surface area contributed by atoms with Crippen molar-refractivity contribution in [2.75, 3.05) is 0 Å². The second kappa shape index (κ2) is 26.5. The zero-order chi connectivity index (χ0) is 75.0. The van der Waals surface area contributed by atoms with Gasteiger partial charge in [-0.05, 0) is 118 Å². The molecular formula is C75H50Cl4F8N5O12+. The van der Waals surface area contributed by atoms with Gasteiger partial charge in [0.15, 0.2) is 69.5 Å². The molecule has 530 valence electrons. The van der Waals surface area contributed by atoms with E-state index in [4.69, 9.17) is 56.9 Å². The van der Waals surface area contributed by atoms with E-state index in [2.05, 4.69) is 0 Å². The highest BCUT2D eigenvalue weighted by Gasteiger charge is 2.63. The molecule has 13 rings (SSSR count). The highest BCUT2D eigenvalue weighted by Crippen LogP contribution is 2.61. The molecule has 2 aliphatic rings. The molecule has 2 amide bonds. The number of esters is 1. The quantitative estimate of drug-likeness (QED) is 0.0295. The standard InChI is InChI=1S/C75H49Cl4F8N5O12/c1-29-50(55-46(25-42(80)65(93)60(55)84)89(29)70(97)34-13-7-17-38(76)21-34)54(33-11-5-6-12-33)75(103)104-68-45(83)28-49-58(63(68)87)53(59(74(101)102)51-30(2)90(71(98)35-14-8-18-39(77)22-35)47-26-43(81)66(94)61(85)56(47)51)32(4)92(49,73(100)37-16-10-20-41(79)24-37)64(69(88)96)52-31(3)91(72(99)36-15-9-19-40(78)23-36)48-27-44(82)67(95)62(86)57(48)52/h7-10,13-28,33,54,59,64H,5-6,11-12H2,1-4H3,(H5-,88,93,94,95,96,101,102)/p+1. The number of halogens is 12. The molecule has 6 N–H and O–H groups in total. The average molecular weight is 1510 g/mol. The minimum Gasteiger partial charge on any atom is -0.503 e. The van der Waals surface area contributed by atoms with Crippen molar-refractivity contribution in [3.05, 3.63) is 255 Å². The fourth-order valence-corrected chi connectivity index (χ4v) is 16.0. The van der Waals surface area contributed by atoms with Gasteiger partial charge in [0, 0.05) is 107 Å². The fraction of sp³-hybridized carbons (Fsp3) is 0.160. The predicted molar refractivity (Wildman–Crippen MR) is 367 cm³/mol. The molecule has 1 fully saturated rings. The van der Waals surface area contributed by atoms with E-state index < -0.39 is 228 Å². The molecule has 0 saturated heterocycles. The molecule has 0 bridgehead atoms. The maximum Gasteiger partial charge on any atom is 0.356 e. The number of carbonyl (C=O) groups excluding carboxylic acids is 6. The van der Waals surface area contributed by atoms with Crippen LogP contribution in [0.4, 0.5) is 40.8 Å². The third-order valence-corrected chi connectivity index (χ3v) is 20.5. The third kappa shape index (κ3) is 11.0. The van der Waals surface area contributed by atoms with Crippen molar-refractivity contribution in [2.45, 2.75) is 71.3 Å². The van der Waals surface area contributed by atoms with Crippen LogP contribution in [0.1, 0.15) is 131 Å². The van der Waals surface area contributed by atoms with Crippen LogP contribution in [-0.2, 0) is 14.4 Å². The number of hydrogen-bond donors (Lipinski definition) is 5. The molecule has 1 saturated carbocycles. The number of phenolic OH excluding ortho intramolecular Hbond substituents is 3. The summed E-state index contributed by atoms with van der Waals surface area (Å²) in [6.45, 7) is 4.13. The number of carboxylic acids is 1. The number of nitrogens with two attached hydrogens (primary N) is 1. The van der Waals surface area contributed by atoms with Crippen molar-refractivity contribution in [1.82, 2.24) is 18.2 Å². The largest absolute Gasteiger partial charge is 0.503 e. The van der Waals surface area contributed by atoms with Crippen LogP contribution in [-0.4, -0.2) is 75.6 Å². The number of quaternary nitrogens is 1. The Morgan fingerprint density at radius 1 is 0.510 bits per heavy atom. The van der Waals surface area contributed by atoms with Crippen LogP contribution in [0.25, 0.3) is 38.3 Å². The summed E-state index contributed by atoms with van der Waals surface area (Å²) in [7, 11) is 0. The first-order valence-electron chi connectivity index (χ1n) is 31.5. The van der Waals surface area contributed by atoms with Crippen molar-refractivity contribution < 1.29 is 93.8 Å². The molecule has 4 heterocycles. The molecule has 104 heavy (non-hydrogen) atoms. The van der Waals surface area contributed by atoms with E-state index in [1.807, 2.05) is 0 Å². The van der Waals surface area contributed by atoms with Crippen LogP contribution in [0.15, 0.2) is 127 Å². The summed E-state index contributed by atoms with van der Waals surface area (Å²) in [4.78, 5) is 108. The second-order valence-corrected chi connectivity index (χ2v) is 26.9. The van der Waals surface area contributed by atoms with Gasteiger partial charge in [-0.3, -0.25) is 42.5 Å². The van der Waals surface area contributed by atoms with Crippen molar-refractivity contribution in [1.29, 1.82) is 0 Å². The topological polar surface area (TPSA) is 250 Å². The lowest BCUT2D eigenvalue weighted by Crippen LogP contribution is -2.58. The zero-order valence-electron chi connectivity index (χ0n) is 54.1. The molecule has 29 heteroatoms. The van der Waals surface area contributed by atoms with Crippen molar-refractivity contribution in [2.24, 2.45) is 11.7 Å². The van der Waals surface area contributed by atoms with Gasteiger partial charge in [0.25, 0.3) is 23.6 Å². The number of aromatic hydroxyl groups is 3. The van der Waals surface area contributed by atoms with Gasteiger partial charge in [-0.15, -0.1) is 0 Å². The number of aromatic nitrogens is 3. The fourth-order valence-electron chi connectivity index (χ4n) is 15.2. The molecule has 11 aromatic rings. The predicted octanol–water partition coefficient (Wildman–Crippen LogP) is 17.3. The Hall–Kier alpha value is -10.8. The monoisotopic (exact) mass is 1500 g/mol. The SMILES string of the molecule is CC1=C(C(C(=O)O)c2c(C)n(C(=O)c3cccc(Cl)c3)c3cc(F)c(O)c(F)c23)c2c(cc(F)c(OC(=O)C(c3c(C)n(C(=O)c4cccc(Cl)c4)c4cc(F)c(O)c(F)c34)C3CCCC3)c2F)[N+]1(C(=O)c1cccc(Cl)c1)C(C(N)=O)c1c(C)n(C(=O)c2cccc(Cl)c2)c2cc(F)c(O)c(F)c12. The maximum absolute atomic E-state index is 19.8. The van der Waals surface area contributed by atoms with Crippen LogP contribution in [0.2, 0.25) is 20.1 Å². The van der Waals surface area contributed by atoms with E-state index in [1.54, 1.807) is 0 Å². The first-order chi connectivity index (χ1) is 49.3. The van der Waals surface area contributed by atoms with E-state index >= 15 is 59.1 Å². The Labute approximate surface area is 601 Å². The van der Waals surface area contributed by atoms with Gasteiger partial charge in [-0.25, -0.2) is 39.9 Å². The molecule has 1 aliphatic heterocycles. The Morgan fingerprint density at radius 3 is 1.29 bits per heavy atom. The number of amides is 2. The number of nitrogens with zero attached hydrogens (tertiary/aromatic N) is 4. The van der Waals surface area contributed by atoms with Gasteiger partial charge < -0.3 is 30.9 Å². The van der Waals surface area contributed by atoms with Crippen LogP contribution in [0.3, 0.4) is 0 Å². The molecule has 0 radical (unpaired) electrons. The molecular weight excluding hydrogens is 1460 g/mol. The normalized spacial score (nSPS) is 15.5. The van der Waals surface area contributed by atoms with E-state index in [-0.39, 0.29) is 61.4 Å². The number of primary amides is 1. The van der Waals surface area contributed by atoms with Gasteiger partial charge >= 0.3 is 17.8 Å². The number of phenols is 3. The maximum atomic E-state index is 19.8. The lowest BCUT2D eigenvalue weighted by molar-refractivity contribution is -0.138. The van der Waals surface area contributed by atoms with Gasteiger partial charge in [-0.1, -0.05) is 83.5 Å². The average Bonchev–Trinajstić information content (AvgIpc) is 1.50. The lowest BCUT2D eigenvalue weighted by Gasteiger charge is -2.39. The molecule has 1 aliphatic carbocycles. The van der Waals surface area contributed by atoms with Gasteiger partial charge in [0.1, 0.15) is 11.6 Å². The van der Waals surface area contributed by atoms with Crippen LogP contribution < -0.4 is 15.0 Å². The summed E-state index contributed by atoms with van der Waals surface area (Å²) >= 11 is 25.5. The molecule has 4 atom stereocenters. The number of hydrogen-bond acceptors (Lipinski definition) is 11. The highest BCUT2D eigenvalue weighted by molar-refractivity contribution is 6.32. The lowest BCUT2D eigenvalue weighted by atomic mass is 9.83. The van der Waals surface area contributed by atoms with E-state index in [1.165, 1.54) is 79.7 Å². The third-order valence-electron chi connectivity index (χ3n) is 19.6. The summed E-state index contributed by atoms with van der Waals surface area (Å²) in [5.74, 6) is -38.1. The molecule has 0 spiro atoms. The van der Waals surface area contributed by atoms with Crippen LogP contribution in [0.5, 0.6) is 23.0 Å². The number of ether oxygens (including phenoxy) is 1. The molecule has 4 unspecified atom stereocenters. The Balaban J connectivity index is 1.16. The van der Waals surface area contributed by atoms with Gasteiger partial charge in [0.2, 0.25) is 11.8 Å². The number of allylic oxidation sites excluding steroid dienone is 1. The zero-order valence-corrected chi connectivity index (χ0v) is 57.2. The summed E-state index contributed by atoms with van der Waals surface area (Å²) in [6, 6.07) is 18.7. The summed E-state index contributed by atoms with van der Waals surface area (Å²) in [5.41, 5.74) is -5.71. The number of carboxylic acid groups (broad SMARTS) is 1. The van der Waals surface area contributed by atoms with E-state index in [0.29, 0.717) is 40.2 Å². The first kappa shape index (κ1) is 71.6. The minimum atomic E-state index is -2.90.